The number of hydrogen-bond acceptors (Lipinski definition) is 3. The van der Waals surface area contributed by atoms with Crippen molar-refractivity contribution in [1.29, 1.82) is 0 Å². The first-order valence-corrected chi connectivity index (χ1v) is 7.46. The second-order valence-corrected chi connectivity index (χ2v) is 5.74. The minimum atomic E-state index is -0.332. The van der Waals surface area contributed by atoms with Crippen molar-refractivity contribution in [1.82, 2.24) is 0 Å². The summed E-state index contributed by atoms with van der Waals surface area (Å²) in [7, 11) is 1.67. The van der Waals surface area contributed by atoms with Gasteiger partial charge in [0.25, 0.3) is 0 Å². The predicted octanol–water partition coefficient (Wildman–Crippen LogP) is 4.28. The van der Waals surface area contributed by atoms with E-state index in [9.17, 15) is 0 Å². The third-order valence-electron chi connectivity index (χ3n) is 3.56. The number of methoxy groups -OCH3 is 1. The fourth-order valence-corrected chi connectivity index (χ4v) is 2.97. The van der Waals surface area contributed by atoms with Crippen LogP contribution in [-0.2, 0) is 6.42 Å². The first-order chi connectivity index (χ1) is 9.49. The molecule has 0 aliphatic carbocycles. The van der Waals surface area contributed by atoms with Crippen LogP contribution in [-0.4, -0.2) is 7.11 Å². The molecular weight excluding hydrogens is 318 g/mol. The maximum Gasteiger partial charge on any atom is 0.127 e. The van der Waals surface area contributed by atoms with Gasteiger partial charge in [0.15, 0.2) is 0 Å². The summed E-state index contributed by atoms with van der Waals surface area (Å²) in [6, 6.07) is 5.63. The fourth-order valence-electron chi connectivity index (χ4n) is 2.41. The molecule has 0 aliphatic heterocycles. The van der Waals surface area contributed by atoms with Crippen molar-refractivity contribution in [3.8, 4) is 5.75 Å². The Bertz CT molecular complexity index is 619. The van der Waals surface area contributed by atoms with Gasteiger partial charge in [-0.25, -0.2) is 0 Å². The third kappa shape index (κ3) is 2.63. The molecular formula is C16H20BrNO2. The van der Waals surface area contributed by atoms with Crippen LogP contribution in [0.2, 0.25) is 0 Å². The Kier molecular flexibility index (Phi) is 4.55. The highest BCUT2D eigenvalue weighted by molar-refractivity contribution is 9.10. The molecule has 0 aliphatic rings. The molecule has 2 aromatic rings. The van der Waals surface area contributed by atoms with Gasteiger partial charge in [0.2, 0.25) is 0 Å². The number of benzene rings is 1. The Labute approximate surface area is 128 Å². The molecule has 1 unspecified atom stereocenters. The summed E-state index contributed by atoms with van der Waals surface area (Å²) in [5.74, 6) is 2.53. The minimum absolute atomic E-state index is 0.332. The monoisotopic (exact) mass is 337 g/mol. The van der Waals surface area contributed by atoms with E-state index in [0.29, 0.717) is 0 Å². The summed E-state index contributed by atoms with van der Waals surface area (Å²) in [5, 5.41) is 0. The SMILES string of the molecule is CCc1ccc(C(N)c2c(C)c(Br)cc(C)c2OC)o1. The molecule has 0 fully saturated rings. The van der Waals surface area contributed by atoms with E-state index < -0.39 is 0 Å². The number of aryl methyl sites for hydroxylation is 2. The zero-order chi connectivity index (χ0) is 14.9. The summed E-state index contributed by atoms with van der Waals surface area (Å²) in [4.78, 5) is 0. The first kappa shape index (κ1) is 15.1. The summed E-state index contributed by atoms with van der Waals surface area (Å²) < 4.78 is 12.4. The van der Waals surface area contributed by atoms with Crippen molar-refractivity contribution in [3.05, 3.63) is 50.9 Å². The molecule has 3 nitrogen and oxygen atoms in total. The highest BCUT2D eigenvalue weighted by atomic mass is 79.9. The normalized spacial score (nSPS) is 12.5. The molecule has 0 spiro atoms. The standard InChI is InChI=1S/C16H20BrNO2/c1-5-11-6-7-13(20-11)15(18)14-10(3)12(17)8-9(2)16(14)19-4/h6-8,15H,5,18H2,1-4H3. The van der Waals surface area contributed by atoms with Gasteiger partial charge >= 0.3 is 0 Å². The van der Waals surface area contributed by atoms with Gasteiger partial charge in [0.1, 0.15) is 17.3 Å². The average molecular weight is 338 g/mol. The number of furan rings is 1. The third-order valence-corrected chi connectivity index (χ3v) is 4.38. The number of ether oxygens (including phenoxy) is 1. The topological polar surface area (TPSA) is 48.4 Å². The second kappa shape index (κ2) is 6.02. The molecule has 1 heterocycles. The number of nitrogens with two attached hydrogens (primary N) is 1. The van der Waals surface area contributed by atoms with E-state index in [1.165, 1.54) is 0 Å². The van der Waals surface area contributed by atoms with Crippen molar-refractivity contribution in [2.45, 2.75) is 33.2 Å². The lowest BCUT2D eigenvalue weighted by molar-refractivity contribution is 0.396. The van der Waals surface area contributed by atoms with E-state index in [4.69, 9.17) is 14.9 Å². The van der Waals surface area contributed by atoms with E-state index in [2.05, 4.69) is 22.9 Å². The summed E-state index contributed by atoms with van der Waals surface area (Å²) in [6.07, 6.45) is 0.861. The lowest BCUT2D eigenvalue weighted by atomic mass is 9.96. The smallest absolute Gasteiger partial charge is 0.127 e. The van der Waals surface area contributed by atoms with Crippen LogP contribution in [0.5, 0.6) is 5.75 Å². The molecule has 0 saturated heterocycles. The molecule has 20 heavy (non-hydrogen) atoms. The average Bonchev–Trinajstić information content (AvgIpc) is 2.90. The van der Waals surface area contributed by atoms with Gasteiger partial charge in [-0.05, 0) is 43.2 Å². The number of hydrogen-bond donors (Lipinski definition) is 1. The van der Waals surface area contributed by atoms with Gasteiger partial charge in [-0.1, -0.05) is 22.9 Å². The summed E-state index contributed by atoms with van der Waals surface area (Å²) >= 11 is 3.58. The van der Waals surface area contributed by atoms with Gasteiger partial charge in [0.05, 0.1) is 13.2 Å². The Balaban J connectivity index is 2.55. The molecule has 2 N–H and O–H groups in total. The van der Waals surface area contributed by atoms with Crippen LogP contribution in [0.4, 0.5) is 0 Å². The van der Waals surface area contributed by atoms with Crippen LogP contribution in [0.1, 0.15) is 41.2 Å². The zero-order valence-corrected chi connectivity index (χ0v) is 13.9. The van der Waals surface area contributed by atoms with Gasteiger partial charge in [0, 0.05) is 16.5 Å². The van der Waals surface area contributed by atoms with Crippen molar-refractivity contribution in [3.63, 3.8) is 0 Å². The van der Waals surface area contributed by atoms with Crippen LogP contribution >= 0.6 is 15.9 Å². The van der Waals surface area contributed by atoms with Crippen LogP contribution in [0.15, 0.2) is 27.1 Å². The molecule has 4 heteroatoms. The summed E-state index contributed by atoms with van der Waals surface area (Å²) in [6.45, 7) is 6.10. The molecule has 108 valence electrons. The van der Waals surface area contributed by atoms with Crippen molar-refractivity contribution < 1.29 is 9.15 Å². The largest absolute Gasteiger partial charge is 0.496 e. The van der Waals surface area contributed by atoms with E-state index in [1.807, 2.05) is 32.0 Å². The highest BCUT2D eigenvalue weighted by Crippen LogP contribution is 2.38. The minimum Gasteiger partial charge on any atom is -0.496 e. The zero-order valence-electron chi connectivity index (χ0n) is 12.3. The number of halogens is 1. The van der Waals surface area contributed by atoms with Gasteiger partial charge < -0.3 is 14.9 Å². The Hall–Kier alpha value is -1.26. The molecule has 0 bridgehead atoms. The van der Waals surface area contributed by atoms with Crippen molar-refractivity contribution >= 4 is 15.9 Å². The molecule has 0 saturated carbocycles. The molecule has 1 aromatic carbocycles. The Morgan fingerprint density at radius 1 is 1.35 bits per heavy atom. The molecule has 0 amide bonds. The summed E-state index contributed by atoms with van der Waals surface area (Å²) in [5.41, 5.74) is 9.51. The van der Waals surface area contributed by atoms with E-state index in [0.717, 1.165) is 44.9 Å². The molecule has 0 radical (unpaired) electrons. The van der Waals surface area contributed by atoms with Gasteiger partial charge in [-0.2, -0.15) is 0 Å². The Morgan fingerprint density at radius 3 is 2.60 bits per heavy atom. The van der Waals surface area contributed by atoms with Crippen molar-refractivity contribution in [2.24, 2.45) is 5.73 Å². The first-order valence-electron chi connectivity index (χ1n) is 6.67. The predicted molar refractivity (Wildman–Crippen MR) is 84.3 cm³/mol. The molecule has 1 atom stereocenters. The van der Waals surface area contributed by atoms with Crippen molar-refractivity contribution in [2.75, 3.05) is 7.11 Å². The van der Waals surface area contributed by atoms with Crippen LogP contribution in [0.3, 0.4) is 0 Å². The van der Waals surface area contributed by atoms with Crippen LogP contribution < -0.4 is 10.5 Å². The maximum absolute atomic E-state index is 6.40. The van der Waals surface area contributed by atoms with E-state index in [1.54, 1.807) is 7.11 Å². The van der Waals surface area contributed by atoms with Gasteiger partial charge in [-0.15, -0.1) is 0 Å². The van der Waals surface area contributed by atoms with Crippen LogP contribution in [0.25, 0.3) is 0 Å². The maximum atomic E-state index is 6.40. The molecule has 1 aromatic heterocycles. The highest BCUT2D eigenvalue weighted by Gasteiger charge is 2.22. The fraction of sp³-hybridized carbons (Fsp3) is 0.375. The number of rotatable bonds is 4. The second-order valence-electron chi connectivity index (χ2n) is 4.88. The molecule has 2 rings (SSSR count). The lowest BCUT2D eigenvalue weighted by Crippen LogP contribution is -2.15. The lowest BCUT2D eigenvalue weighted by Gasteiger charge is -2.20. The van der Waals surface area contributed by atoms with E-state index >= 15 is 0 Å². The quantitative estimate of drug-likeness (QED) is 0.905. The van der Waals surface area contributed by atoms with E-state index in [-0.39, 0.29) is 6.04 Å². The van der Waals surface area contributed by atoms with Crippen LogP contribution in [0, 0.1) is 13.8 Å². The van der Waals surface area contributed by atoms with Gasteiger partial charge in [-0.3, -0.25) is 0 Å². The Morgan fingerprint density at radius 2 is 2.05 bits per heavy atom.